The van der Waals surface area contributed by atoms with Crippen LogP contribution < -0.4 is 0 Å². The predicted octanol–water partition coefficient (Wildman–Crippen LogP) is 5.85. The molecule has 0 radical (unpaired) electrons. The minimum Gasteiger partial charge on any atom is -0.463 e. The topological polar surface area (TPSA) is 102 Å². The number of nitrogens with zero attached hydrogens (tertiary/aromatic N) is 1. The van der Waals surface area contributed by atoms with Gasteiger partial charge in [-0.05, 0) is 24.7 Å². The molecule has 4 atom stereocenters. The summed E-state index contributed by atoms with van der Waals surface area (Å²) >= 11 is 0. The van der Waals surface area contributed by atoms with E-state index in [1.54, 1.807) is 0 Å². The Morgan fingerprint density at radius 1 is 0.889 bits per heavy atom. The molecule has 0 heterocycles. The number of ether oxygens (including phenoxy) is 1. The number of unbranched alkanes of at least 4 members (excludes halogenated alkanes) is 9. The van der Waals surface area contributed by atoms with Crippen LogP contribution in [0.4, 0.5) is 0 Å². The second-order valence-corrected chi connectivity index (χ2v) is 13.0. The zero-order valence-corrected chi connectivity index (χ0v) is 24.4. The third kappa shape index (κ3) is 19.6. The van der Waals surface area contributed by atoms with Crippen LogP contribution in [0.25, 0.3) is 0 Å². The van der Waals surface area contributed by atoms with Gasteiger partial charge in [-0.3, -0.25) is 13.8 Å². The maximum Gasteiger partial charge on any atom is 0.472 e. The summed E-state index contributed by atoms with van der Waals surface area (Å²) in [6, 6.07) is 0. The lowest BCUT2D eigenvalue weighted by molar-refractivity contribution is -0.870. The Balaban J connectivity index is 1.90. The zero-order chi connectivity index (χ0) is 26.9. The molecular formula is C27H55NO7P+. The van der Waals surface area contributed by atoms with E-state index in [1.165, 1.54) is 70.6 Å². The van der Waals surface area contributed by atoms with Crippen molar-refractivity contribution in [1.82, 2.24) is 0 Å². The van der Waals surface area contributed by atoms with Crippen molar-refractivity contribution < 1.29 is 37.6 Å². The Labute approximate surface area is 220 Å². The minimum absolute atomic E-state index is 0.0580. The normalized spacial score (nSPS) is 20.2. The molecule has 0 spiro atoms. The van der Waals surface area contributed by atoms with E-state index >= 15 is 0 Å². The van der Waals surface area contributed by atoms with Crippen molar-refractivity contribution in [3.63, 3.8) is 0 Å². The molecule has 2 unspecified atom stereocenters. The molecule has 0 aromatic carbocycles. The molecule has 0 bridgehead atoms. The summed E-state index contributed by atoms with van der Waals surface area (Å²) in [5.74, 6) is 1.68. The Bertz CT molecular complexity index is 626. The molecule has 214 valence electrons. The van der Waals surface area contributed by atoms with E-state index < -0.39 is 20.5 Å². The van der Waals surface area contributed by atoms with Crippen molar-refractivity contribution >= 4 is 13.8 Å². The Kier molecular flexibility index (Phi) is 17.4. The molecule has 1 fully saturated rings. The lowest BCUT2D eigenvalue weighted by atomic mass is 10.0. The molecule has 9 heteroatoms. The van der Waals surface area contributed by atoms with Crippen molar-refractivity contribution in [1.29, 1.82) is 0 Å². The van der Waals surface area contributed by atoms with Crippen molar-refractivity contribution in [2.75, 3.05) is 47.5 Å². The fourth-order valence-corrected chi connectivity index (χ4v) is 5.11. The van der Waals surface area contributed by atoms with Crippen LogP contribution in [0.15, 0.2) is 0 Å². The third-order valence-electron chi connectivity index (χ3n) is 6.84. The molecule has 0 amide bonds. The molecule has 0 saturated heterocycles. The lowest BCUT2D eigenvalue weighted by Crippen LogP contribution is -2.37. The van der Waals surface area contributed by atoms with Gasteiger partial charge in [0.1, 0.15) is 25.9 Å². The minimum atomic E-state index is -4.24. The van der Waals surface area contributed by atoms with Crippen LogP contribution in [-0.2, 0) is 23.1 Å². The Hall–Kier alpha value is -0.500. The van der Waals surface area contributed by atoms with Gasteiger partial charge in [-0.2, -0.15) is 0 Å². The Morgan fingerprint density at radius 3 is 2.03 bits per heavy atom. The summed E-state index contributed by atoms with van der Waals surface area (Å²) < 4.78 is 27.1. The van der Waals surface area contributed by atoms with E-state index in [-0.39, 0.29) is 19.2 Å². The summed E-state index contributed by atoms with van der Waals surface area (Å²) in [5, 5.41) is 9.85. The standard InChI is InChI=1S/C27H54NO7P/c1-5-6-7-13-16-24-21-25(24)17-14-11-9-8-10-12-15-18-27(30)33-22-26(29)23-35-36(31,32)34-20-19-28(2,3)4/h24-26,29H,5-23H2,1-4H3/p+1/t24-,25+,26?/m1/s1. The largest absolute Gasteiger partial charge is 0.472 e. The number of aliphatic hydroxyl groups excluding tert-OH is 1. The van der Waals surface area contributed by atoms with Gasteiger partial charge in [0, 0.05) is 6.42 Å². The maximum atomic E-state index is 11.8. The summed E-state index contributed by atoms with van der Waals surface area (Å²) in [6.07, 6.45) is 17.1. The van der Waals surface area contributed by atoms with Crippen LogP contribution in [0.2, 0.25) is 0 Å². The number of phosphoric acid groups is 1. The molecule has 1 aliphatic carbocycles. The van der Waals surface area contributed by atoms with Crippen LogP contribution in [0.3, 0.4) is 0 Å². The number of quaternary nitrogens is 1. The highest BCUT2D eigenvalue weighted by Gasteiger charge is 2.35. The average Bonchev–Trinajstić information content (AvgIpc) is 3.55. The number of carbonyl (C=O) groups excluding carboxylic acids is 1. The molecule has 0 aromatic rings. The number of aliphatic hydroxyl groups is 1. The number of phosphoric ester groups is 1. The number of hydrogen-bond donors (Lipinski definition) is 2. The quantitative estimate of drug-likeness (QED) is 0.0691. The number of carbonyl (C=O) groups is 1. The molecule has 0 aromatic heterocycles. The fourth-order valence-electron chi connectivity index (χ4n) is 4.37. The van der Waals surface area contributed by atoms with Crippen LogP contribution in [0.5, 0.6) is 0 Å². The van der Waals surface area contributed by atoms with Gasteiger partial charge in [-0.1, -0.05) is 84.0 Å². The molecule has 1 saturated carbocycles. The predicted molar refractivity (Wildman–Crippen MR) is 144 cm³/mol. The first kappa shape index (κ1) is 33.5. The SMILES string of the molecule is CCCCCC[C@@H]1C[C@@H]1CCCCCCCCCC(=O)OCC(O)COP(=O)(O)OCC[N+](C)(C)C. The number of hydrogen-bond acceptors (Lipinski definition) is 6. The van der Waals surface area contributed by atoms with Crippen LogP contribution in [-0.4, -0.2) is 74.1 Å². The molecule has 8 nitrogen and oxygen atoms in total. The van der Waals surface area contributed by atoms with E-state index in [0.717, 1.165) is 31.1 Å². The smallest absolute Gasteiger partial charge is 0.463 e. The van der Waals surface area contributed by atoms with Crippen molar-refractivity contribution in [3.8, 4) is 0 Å². The summed E-state index contributed by atoms with van der Waals surface area (Å²) in [7, 11) is 1.57. The van der Waals surface area contributed by atoms with Crippen molar-refractivity contribution in [2.45, 2.75) is 109 Å². The number of rotatable bonds is 24. The first-order chi connectivity index (χ1) is 17.0. The van der Waals surface area contributed by atoms with Gasteiger partial charge in [-0.25, -0.2) is 4.57 Å². The second kappa shape index (κ2) is 18.7. The van der Waals surface area contributed by atoms with E-state index in [2.05, 4.69) is 6.92 Å². The zero-order valence-electron chi connectivity index (χ0n) is 23.5. The number of likely N-dealkylation sites (N-methyl/N-ethyl adjacent to an activating group) is 1. The second-order valence-electron chi connectivity index (χ2n) is 11.6. The highest BCUT2D eigenvalue weighted by Crippen LogP contribution is 2.46. The summed E-state index contributed by atoms with van der Waals surface area (Å²) in [4.78, 5) is 21.5. The molecule has 1 rings (SSSR count). The average molecular weight is 537 g/mol. The Morgan fingerprint density at radius 2 is 1.44 bits per heavy atom. The van der Waals surface area contributed by atoms with Gasteiger partial charge in [0.05, 0.1) is 27.7 Å². The van der Waals surface area contributed by atoms with E-state index in [0.29, 0.717) is 17.4 Å². The fraction of sp³-hybridized carbons (Fsp3) is 0.963. The molecular weight excluding hydrogens is 481 g/mol. The van der Waals surface area contributed by atoms with E-state index in [9.17, 15) is 19.4 Å². The first-order valence-electron chi connectivity index (χ1n) is 14.3. The van der Waals surface area contributed by atoms with Gasteiger partial charge in [0.2, 0.25) is 0 Å². The van der Waals surface area contributed by atoms with Crippen molar-refractivity contribution in [2.24, 2.45) is 11.8 Å². The van der Waals surface area contributed by atoms with Crippen LogP contribution in [0, 0.1) is 11.8 Å². The summed E-state index contributed by atoms with van der Waals surface area (Å²) in [6.45, 7) is 2.16. The summed E-state index contributed by atoms with van der Waals surface area (Å²) in [5.41, 5.74) is 0. The van der Waals surface area contributed by atoms with Gasteiger partial charge in [0.25, 0.3) is 0 Å². The number of esters is 1. The monoisotopic (exact) mass is 536 g/mol. The van der Waals surface area contributed by atoms with Crippen molar-refractivity contribution in [3.05, 3.63) is 0 Å². The highest BCUT2D eigenvalue weighted by atomic mass is 31.2. The van der Waals surface area contributed by atoms with E-state index in [4.69, 9.17) is 13.8 Å². The molecule has 1 aliphatic rings. The molecule has 36 heavy (non-hydrogen) atoms. The van der Waals surface area contributed by atoms with Crippen LogP contribution in [0.1, 0.15) is 103 Å². The molecule has 2 N–H and O–H groups in total. The van der Waals surface area contributed by atoms with Gasteiger partial charge >= 0.3 is 13.8 Å². The molecule has 0 aliphatic heterocycles. The van der Waals surface area contributed by atoms with E-state index in [1.807, 2.05) is 21.1 Å². The van der Waals surface area contributed by atoms with Crippen LogP contribution >= 0.6 is 7.82 Å². The third-order valence-corrected chi connectivity index (χ3v) is 7.82. The van der Waals surface area contributed by atoms with Gasteiger partial charge in [0.15, 0.2) is 0 Å². The maximum absolute atomic E-state index is 11.8. The van der Waals surface area contributed by atoms with Gasteiger partial charge in [-0.15, -0.1) is 0 Å². The first-order valence-corrected chi connectivity index (χ1v) is 15.8. The highest BCUT2D eigenvalue weighted by molar-refractivity contribution is 7.47. The van der Waals surface area contributed by atoms with Gasteiger partial charge < -0.3 is 19.2 Å². The lowest BCUT2D eigenvalue weighted by Gasteiger charge is -2.24.